The normalized spacial score (nSPS) is 16.1. The van der Waals surface area contributed by atoms with Crippen LogP contribution in [0.4, 0.5) is 34.1 Å². The van der Waals surface area contributed by atoms with Crippen LogP contribution in [0, 0.1) is 51.2 Å². The Balaban J connectivity index is 1.06. The van der Waals surface area contributed by atoms with Crippen molar-refractivity contribution in [1.82, 2.24) is 4.57 Å². The fourth-order valence-electron chi connectivity index (χ4n) is 12.6. The summed E-state index contributed by atoms with van der Waals surface area (Å²) in [4.78, 5) is 6.88. The standard InChI is InChI=1S/C70H42N8O2/c71-39-43-20-28-47(29-21-43)75(48-30-22-44(40-72)23-31-48)59-37-61-67(69-65(59)55-14-3-7-18-63(55)79-69)68-62(78(61)52-11-9-10-51(36-52)77-57-16-5-1-12-53(57)54-13-2-6-17-58(54)77)38-60(66-56-15-4-8-19-64(56)80-70(66)68)76(49-32-24-45(41-73)25-33-49)50-34-26-46(42-74)27-35-50/h1-26,28-38,46,62,68H,27H2. The molecule has 10 heteroatoms. The second-order valence-electron chi connectivity index (χ2n) is 20.4. The molecule has 0 fully saturated rings. The van der Waals surface area contributed by atoms with Crippen LogP contribution in [-0.4, -0.2) is 10.6 Å². The maximum atomic E-state index is 10.1. The summed E-state index contributed by atoms with van der Waals surface area (Å²) in [6.07, 6.45) is 9.03. The second kappa shape index (κ2) is 18.2. The van der Waals surface area contributed by atoms with Gasteiger partial charge in [-0.1, -0.05) is 91.0 Å². The zero-order valence-electron chi connectivity index (χ0n) is 42.7. The van der Waals surface area contributed by atoms with Crippen LogP contribution in [0.2, 0.25) is 0 Å². The lowest BCUT2D eigenvalue weighted by Gasteiger charge is -2.37. The number of anilines is 6. The first-order chi connectivity index (χ1) is 39.5. The molecular weight excluding hydrogens is 985 g/mol. The van der Waals surface area contributed by atoms with Gasteiger partial charge in [-0.05, 0) is 140 Å². The van der Waals surface area contributed by atoms with Crippen LogP contribution in [0.3, 0.4) is 0 Å². The zero-order chi connectivity index (χ0) is 53.6. The van der Waals surface area contributed by atoms with E-state index in [0.717, 1.165) is 117 Å². The summed E-state index contributed by atoms with van der Waals surface area (Å²) in [5.74, 6) is 0.0763. The molecule has 0 radical (unpaired) electrons. The third kappa shape index (κ3) is 7.01. The molecule has 9 aromatic carbocycles. The number of hydrogen-bond donors (Lipinski definition) is 0. The number of rotatable bonds is 8. The Morgan fingerprint density at radius 1 is 0.525 bits per heavy atom. The predicted molar refractivity (Wildman–Crippen MR) is 315 cm³/mol. The van der Waals surface area contributed by atoms with E-state index in [-0.39, 0.29) is 5.92 Å². The van der Waals surface area contributed by atoms with E-state index < -0.39 is 12.0 Å². The average Bonchev–Trinajstić information content (AvgIpc) is 4.38. The molecule has 12 aromatic rings. The Bertz CT molecular complexity index is 4720. The molecule has 1 aliphatic heterocycles. The Kier molecular flexibility index (Phi) is 10.5. The van der Waals surface area contributed by atoms with Crippen LogP contribution in [0.5, 0.6) is 0 Å². The molecule has 0 amide bonds. The minimum atomic E-state index is -0.438. The van der Waals surface area contributed by atoms with Gasteiger partial charge < -0.3 is 28.1 Å². The highest BCUT2D eigenvalue weighted by atomic mass is 16.3. The molecule has 0 spiro atoms. The van der Waals surface area contributed by atoms with Gasteiger partial charge in [0.15, 0.2) is 0 Å². The molecule has 0 saturated heterocycles. The van der Waals surface area contributed by atoms with E-state index >= 15 is 0 Å². The molecular formula is C70H42N8O2. The van der Waals surface area contributed by atoms with E-state index in [9.17, 15) is 21.0 Å². The number of hydrogen-bond acceptors (Lipinski definition) is 9. The molecule has 374 valence electrons. The van der Waals surface area contributed by atoms with Gasteiger partial charge in [-0.3, -0.25) is 0 Å². The summed E-state index contributed by atoms with van der Waals surface area (Å²) in [7, 11) is 0. The summed E-state index contributed by atoms with van der Waals surface area (Å²) in [5, 5.41) is 45.2. The van der Waals surface area contributed by atoms with E-state index in [1.165, 1.54) is 0 Å². The van der Waals surface area contributed by atoms with Crippen LogP contribution >= 0.6 is 0 Å². The van der Waals surface area contributed by atoms with Crippen molar-refractivity contribution in [1.29, 1.82) is 21.0 Å². The van der Waals surface area contributed by atoms with Crippen molar-refractivity contribution in [2.24, 2.45) is 5.92 Å². The smallest absolute Gasteiger partial charge is 0.143 e. The van der Waals surface area contributed by atoms with Crippen molar-refractivity contribution in [2.45, 2.75) is 18.4 Å². The lowest BCUT2D eigenvalue weighted by molar-refractivity contribution is 0.502. The highest BCUT2D eigenvalue weighted by Crippen LogP contribution is 2.60. The maximum absolute atomic E-state index is 10.1. The van der Waals surface area contributed by atoms with Crippen LogP contribution in [0.25, 0.3) is 66.1 Å². The topological polar surface area (TPSA) is 136 Å². The second-order valence-corrected chi connectivity index (χ2v) is 20.4. The zero-order valence-corrected chi connectivity index (χ0v) is 42.7. The molecule has 10 nitrogen and oxygen atoms in total. The molecule has 0 bridgehead atoms. The van der Waals surface area contributed by atoms with Crippen molar-refractivity contribution in [2.75, 3.05) is 14.7 Å². The van der Waals surface area contributed by atoms with Crippen LogP contribution in [-0.2, 0) is 0 Å². The maximum Gasteiger partial charge on any atom is 0.143 e. The number of fused-ring (bicyclic) bond motifs is 14. The third-order valence-electron chi connectivity index (χ3n) is 16.0. The molecule has 3 atom stereocenters. The van der Waals surface area contributed by atoms with Gasteiger partial charge in [0.2, 0.25) is 0 Å². The van der Waals surface area contributed by atoms with Gasteiger partial charge in [0, 0.05) is 66.8 Å². The number of furan rings is 2. The molecule has 3 unspecified atom stereocenters. The van der Waals surface area contributed by atoms with Gasteiger partial charge in [-0.2, -0.15) is 21.0 Å². The first kappa shape index (κ1) is 46.0. The summed E-state index contributed by atoms with van der Waals surface area (Å²) >= 11 is 0. The SMILES string of the molecule is N#Cc1ccc(N(C2=CCC(C#N)C=C2)C2=CC3C(c4oc5ccccc5c42)c2c(cc(N(c4ccc(C#N)cc4)c4ccc(C#N)cc4)c4c2oc2ccccc24)N3c2cccc(-n3c4ccccc4c4ccccc43)c2)cc1. The highest BCUT2D eigenvalue weighted by Gasteiger charge is 2.49. The number of allylic oxidation sites excluding steroid dienone is 3. The van der Waals surface area contributed by atoms with Crippen molar-refractivity contribution in [3.05, 3.63) is 264 Å². The predicted octanol–water partition coefficient (Wildman–Crippen LogP) is 17.0. The summed E-state index contributed by atoms with van der Waals surface area (Å²) in [5.41, 5.74) is 15.7. The summed E-state index contributed by atoms with van der Waals surface area (Å²) in [6, 6.07) is 76.2. The number of benzene rings is 9. The molecule has 80 heavy (non-hydrogen) atoms. The first-order valence-corrected chi connectivity index (χ1v) is 26.5. The van der Waals surface area contributed by atoms with E-state index in [0.29, 0.717) is 28.7 Å². The molecule has 15 rings (SSSR count). The van der Waals surface area contributed by atoms with Gasteiger partial charge in [0.05, 0.1) is 92.3 Å². The molecule has 0 saturated carbocycles. The van der Waals surface area contributed by atoms with E-state index in [1.807, 2.05) is 121 Å². The van der Waals surface area contributed by atoms with Crippen LogP contribution in [0.1, 0.15) is 45.9 Å². The Labute approximate surface area is 459 Å². The molecule has 2 aliphatic carbocycles. The van der Waals surface area contributed by atoms with Crippen LogP contribution < -0.4 is 14.7 Å². The summed E-state index contributed by atoms with van der Waals surface area (Å²) < 4.78 is 17.0. The summed E-state index contributed by atoms with van der Waals surface area (Å²) in [6.45, 7) is 0. The van der Waals surface area contributed by atoms with Gasteiger partial charge in [0.1, 0.15) is 22.5 Å². The average molecular weight is 1030 g/mol. The lowest BCUT2D eigenvalue weighted by Crippen LogP contribution is -2.34. The van der Waals surface area contributed by atoms with E-state index in [2.05, 4.69) is 147 Å². The largest absolute Gasteiger partial charge is 0.460 e. The van der Waals surface area contributed by atoms with Crippen molar-refractivity contribution >= 4 is 94.5 Å². The van der Waals surface area contributed by atoms with Gasteiger partial charge >= 0.3 is 0 Å². The van der Waals surface area contributed by atoms with Gasteiger partial charge in [-0.25, -0.2) is 0 Å². The van der Waals surface area contributed by atoms with E-state index in [1.54, 1.807) is 0 Å². The van der Waals surface area contributed by atoms with Crippen LogP contribution in [0.15, 0.2) is 239 Å². The first-order valence-electron chi connectivity index (χ1n) is 26.5. The monoisotopic (exact) mass is 1030 g/mol. The fraction of sp³-hybridized carbons (Fsp3) is 0.0571. The molecule has 0 N–H and O–H groups in total. The number of nitriles is 4. The number of nitrogens with zero attached hydrogens (tertiary/aromatic N) is 8. The Hall–Kier alpha value is -11.3. The van der Waals surface area contributed by atoms with Crippen molar-refractivity contribution in [3.63, 3.8) is 0 Å². The molecule has 3 aromatic heterocycles. The lowest BCUT2D eigenvalue weighted by atomic mass is 9.82. The minimum absolute atomic E-state index is 0.272. The Morgan fingerprint density at radius 3 is 1.66 bits per heavy atom. The minimum Gasteiger partial charge on any atom is -0.460 e. The number of para-hydroxylation sites is 4. The highest BCUT2D eigenvalue weighted by molar-refractivity contribution is 6.17. The Morgan fingerprint density at radius 2 is 1.07 bits per heavy atom. The van der Waals surface area contributed by atoms with E-state index in [4.69, 9.17) is 8.83 Å². The molecule has 4 heterocycles. The van der Waals surface area contributed by atoms with Crippen molar-refractivity contribution in [3.8, 4) is 30.0 Å². The fourth-order valence-corrected chi connectivity index (χ4v) is 12.6. The van der Waals surface area contributed by atoms with Crippen molar-refractivity contribution < 1.29 is 8.83 Å². The number of aromatic nitrogens is 1. The third-order valence-corrected chi connectivity index (χ3v) is 16.0. The quantitative estimate of drug-likeness (QED) is 0.146. The van der Waals surface area contributed by atoms with Gasteiger partial charge in [0.25, 0.3) is 0 Å². The van der Waals surface area contributed by atoms with Gasteiger partial charge in [-0.15, -0.1) is 0 Å². The molecule has 3 aliphatic rings.